The zero-order valence-corrected chi connectivity index (χ0v) is 10.2. The molecule has 0 aliphatic carbocycles. The monoisotopic (exact) mass is 234 g/mol. The summed E-state index contributed by atoms with van der Waals surface area (Å²) in [4.78, 5) is 13.9. The molecule has 1 aliphatic heterocycles. The molecule has 4 heteroatoms. The normalized spacial score (nSPS) is 24.6. The molecule has 2 atom stereocenters. The van der Waals surface area contributed by atoms with Crippen molar-refractivity contribution in [3.8, 4) is 0 Å². The molecular formula is C13H18N2O2. The third-order valence-corrected chi connectivity index (χ3v) is 3.37. The SMILES string of the molecule is CC1C(=O)NC(CO)Cc2ccccc2N1C. The highest BCUT2D eigenvalue weighted by Gasteiger charge is 2.26. The van der Waals surface area contributed by atoms with Crippen LogP contribution in [0.1, 0.15) is 12.5 Å². The number of benzene rings is 1. The van der Waals surface area contributed by atoms with Crippen LogP contribution in [0.25, 0.3) is 0 Å². The van der Waals surface area contributed by atoms with Crippen LogP contribution in [-0.2, 0) is 11.2 Å². The average molecular weight is 234 g/mol. The van der Waals surface area contributed by atoms with Crippen molar-refractivity contribution in [1.82, 2.24) is 5.32 Å². The molecule has 0 bridgehead atoms. The molecule has 17 heavy (non-hydrogen) atoms. The van der Waals surface area contributed by atoms with Crippen LogP contribution >= 0.6 is 0 Å². The molecule has 0 aromatic heterocycles. The number of carbonyl (C=O) groups excluding carboxylic acids is 1. The molecule has 4 nitrogen and oxygen atoms in total. The Morgan fingerprint density at radius 3 is 2.88 bits per heavy atom. The van der Waals surface area contributed by atoms with Crippen molar-refractivity contribution in [2.45, 2.75) is 25.4 Å². The first-order chi connectivity index (χ1) is 8.13. The summed E-state index contributed by atoms with van der Waals surface area (Å²) in [6, 6.07) is 7.58. The summed E-state index contributed by atoms with van der Waals surface area (Å²) in [5.41, 5.74) is 2.22. The number of hydrogen-bond donors (Lipinski definition) is 2. The second-order valence-corrected chi connectivity index (χ2v) is 4.51. The lowest BCUT2D eigenvalue weighted by Gasteiger charge is -2.33. The zero-order valence-electron chi connectivity index (χ0n) is 10.2. The number of rotatable bonds is 1. The number of hydrogen-bond acceptors (Lipinski definition) is 3. The highest BCUT2D eigenvalue weighted by Crippen LogP contribution is 2.24. The summed E-state index contributed by atoms with van der Waals surface area (Å²) in [6.07, 6.45) is 0.662. The first-order valence-corrected chi connectivity index (χ1v) is 5.85. The molecular weight excluding hydrogens is 216 g/mol. The topological polar surface area (TPSA) is 52.6 Å². The Bertz CT molecular complexity index is 420. The van der Waals surface area contributed by atoms with Crippen molar-refractivity contribution in [3.05, 3.63) is 29.8 Å². The van der Waals surface area contributed by atoms with Crippen molar-refractivity contribution in [2.24, 2.45) is 0 Å². The van der Waals surface area contributed by atoms with E-state index in [0.717, 1.165) is 11.3 Å². The molecule has 1 aliphatic rings. The molecule has 2 rings (SSSR count). The maximum Gasteiger partial charge on any atom is 0.242 e. The van der Waals surface area contributed by atoms with E-state index < -0.39 is 0 Å². The molecule has 1 aromatic carbocycles. The van der Waals surface area contributed by atoms with Crippen molar-refractivity contribution < 1.29 is 9.90 Å². The lowest BCUT2D eigenvalue weighted by molar-refractivity contribution is -0.123. The van der Waals surface area contributed by atoms with Crippen molar-refractivity contribution >= 4 is 11.6 Å². The number of anilines is 1. The van der Waals surface area contributed by atoms with Crippen molar-refractivity contribution in [2.75, 3.05) is 18.6 Å². The number of nitrogens with one attached hydrogen (secondary N) is 1. The number of amides is 1. The molecule has 1 aromatic rings. The first kappa shape index (κ1) is 11.9. The van der Waals surface area contributed by atoms with Gasteiger partial charge in [0, 0.05) is 12.7 Å². The fraction of sp³-hybridized carbons (Fsp3) is 0.462. The maximum absolute atomic E-state index is 11.9. The Morgan fingerprint density at radius 2 is 2.18 bits per heavy atom. The standard InChI is InChI=1S/C13H18N2O2/c1-9-13(17)14-11(8-16)7-10-5-3-4-6-12(10)15(9)2/h3-6,9,11,16H,7-8H2,1-2H3,(H,14,17). The van der Waals surface area contributed by atoms with Crippen LogP contribution in [0.2, 0.25) is 0 Å². The van der Waals surface area contributed by atoms with E-state index in [1.807, 2.05) is 43.1 Å². The zero-order chi connectivity index (χ0) is 12.4. The van der Waals surface area contributed by atoms with E-state index in [4.69, 9.17) is 0 Å². The van der Waals surface area contributed by atoms with E-state index >= 15 is 0 Å². The molecule has 1 heterocycles. The van der Waals surface area contributed by atoms with E-state index in [0.29, 0.717) is 6.42 Å². The quantitative estimate of drug-likeness (QED) is 0.746. The van der Waals surface area contributed by atoms with E-state index in [2.05, 4.69) is 5.32 Å². The Balaban J connectivity index is 2.41. The predicted molar refractivity (Wildman–Crippen MR) is 67.0 cm³/mol. The van der Waals surface area contributed by atoms with Gasteiger partial charge in [-0.1, -0.05) is 18.2 Å². The van der Waals surface area contributed by atoms with Gasteiger partial charge in [0.25, 0.3) is 0 Å². The number of nitrogens with zero attached hydrogens (tertiary/aromatic N) is 1. The van der Waals surface area contributed by atoms with Crippen LogP contribution in [0.3, 0.4) is 0 Å². The van der Waals surface area contributed by atoms with Gasteiger partial charge < -0.3 is 15.3 Å². The van der Waals surface area contributed by atoms with E-state index in [9.17, 15) is 9.90 Å². The predicted octanol–water partition coefficient (Wildman–Crippen LogP) is 0.544. The highest BCUT2D eigenvalue weighted by atomic mass is 16.3. The molecule has 2 N–H and O–H groups in total. The second-order valence-electron chi connectivity index (χ2n) is 4.51. The number of aliphatic hydroxyl groups is 1. The lowest BCUT2D eigenvalue weighted by Crippen LogP contribution is -2.51. The van der Waals surface area contributed by atoms with Crippen molar-refractivity contribution in [1.29, 1.82) is 0 Å². The van der Waals surface area contributed by atoms with Gasteiger partial charge in [-0.25, -0.2) is 0 Å². The minimum absolute atomic E-state index is 0.0312. The third-order valence-electron chi connectivity index (χ3n) is 3.37. The highest BCUT2D eigenvalue weighted by molar-refractivity contribution is 5.85. The summed E-state index contributed by atoms with van der Waals surface area (Å²) in [5, 5.41) is 12.1. The average Bonchev–Trinajstić information content (AvgIpc) is 2.35. The van der Waals surface area contributed by atoms with Gasteiger partial charge >= 0.3 is 0 Å². The van der Waals surface area contributed by atoms with Gasteiger partial charge in [-0.05, 0) is 25.0 Å². The summed E-state index contributed by atoms with van der Waals surface area (Å²) in [5.74, 6) is -0.0407. The Kier molecular flexibility index (Phi) is 3.33. The fourth-order valence-electron chi connectivity index (χ4n) is 2.16. The molecule has 0 spiro atoms. The number of carbonyl (C=O) groups is 1. The van der Waals surface area contributed by atoms with E-state index in [1.54, 1.807) is 0 Å². The summed E-state index contributed by atoms with van der Waals surface area (Å²) >= 11 is 0. The van der Waals surface area contributed by atoms with Crippen LogP contribution in [0.4, 0.5) is 5.69 Å². The van der Waals surface area contributed by atoms with Gasteiger partial charge in [-0.3, -0.25) is 4.79 Å². The fourth-order valence-corrected chi connectivity index (χ4v) is 2.16. The number of likely N-dealkylation sites (N-methyl/N-ethyl adjacent to an activating group) is 1. The van der Waals surface area contributed by atoms with Gasteiger partial charge in [0.2, 0.25) is 5.91 Å². The lowest BCUT2D eigenvalue weighted by atomic mass is 10.0. The summed E-state index contributed by atoms with van der Waals surface area (Å²) in [7, 11) is 1.92. The minimum Gasteiger partial charge on any atom is -0.394 e. The molecule has 0 saturated carbocycles. The molecule has 92 valence electrons. The van der Waals surface area contributed by atoms with Crippen LogP contribution < -0.4 is 10.2 Å². The van der Waals surface area contributed by atoms with Gasteiger partial charge in [-0.2, -0.15) is 0 Å². The first-order valence-electron chi connectivity index (χ1n) is 5.85. The van der Waals surface area contributed by atoms with Crippen LogP contribution in [-0.4, -0.2) is 36.8 Å². The summed E-state index contributed by atoms with van der Waals surface area (Å²) < 4.78 is 0. The molecule has 0 saturated heterocycles. The third kappa shape index (κ3) is 2.26. The minimum atomic E-state index is -0.231. The largest absolute Gasteiger partial charge is 0.394 e. The maximum atomic E-state index is 11.9. The van der Waals surface area contributed by atoms with Gasteiger partial charge in [0.15, 0.2) is 0 Å². The van der Waals surface area contributed by atoms with Crippen molar-refractivity contribution in [3.63, 3.8) is 0 Å². The number of para-hydroxylation sites is 1. The van der Waals surface area contributed by atoms with Gasteiger partial charge in [0.05, 0.1) is 12.6 Å². The second kappa shape index (κ2) is 4.75. The van der Waals surface area contributed by atoms with Crippen LogP contribution in [0, 0.1) is 0 Å². The number of aliphatic hydroxyl groups excluding tert-OH is 1. The molecule has 0 radical (unpaired) electrons. The number of fused-ring (bicyclic) bond motifs is 1. The Hall–Kier alpha value is -1.55. The molecule has 1 amide bonds. The summed E-state index contributed by atoms with van der Waals surface area (Å²) in [6.45, 7) is 1.84. The van der Waals surface area contributed by atoms with E-state index in [-0.39, 0.29) is 24.6 Å². The van der Waals surface area contributed by atoms with Crippen LogP contribution in [0.15, 0.2) is 24.3 Å². The Morgan fingerprint density at radius 1 is 1.47 bits per heavy atom. The van der Waals surface area contributed by atoms with Gasteiger partial charge in [0.1, 0.15) is 6.04 Å². The van der Waals surface area contributed by atoms with Crippen LogP contribution in [0.5, 0.6) is 0 Å². The molecule has 0 fully saturated rings. The van der Waals surface area contributed by atoms with E-state index in [1.165, 1.54) is 0 Å². The molecule has 2 unspecified atom stereocenters. The van der Waals surface area contributed by atoms with Gasteiger partial charge in [-0.15, -0.1) is 0 Å². The Labute approximate surface area is 101 Å². The smallest absolute Gasteiger partial charge is 0.242 e.